The first-order valence-electron chi connectivity index (χ1n) is 7.47. The van der Waals surface area contributed by atoms with Crippen molar-refractivity contribution in [1.29, 1.82) is 0 Å². The molecule has 17 heavy (non-hydrogen) atoms. The van der Waals surface area contributed by atoms with Crippen molar-refractivity contribution in [3.05, 3.63) is 0 Å². The Bertz CT molecular complexity index is 174. The molecule has 0 aromatic rings. The number of hydrogen-bond acceptors (Lipinski definition) is 2. The lowest BCUT2D eigenvalue weighted by molar-refractivity contribution is 0.124. The molecular formula is C15H31NO. The lowest BCUT2D eigenvalue weighted by Gasteiger charge is -2.26. The molecule has 0 amide bonds. The maximum absolute atomic E-state index is 5.59. The van der Waals surface area contributed by atoms with Gasteiger partial charge in [0.15, 0.2) is 0 Å². The molecule has 1 fully saturated rings. The fraction of sp³-hybridized carbons (Fsp3) is 1.00. The quantitative estimate of drug-likeness (QED) is 0.657. The van der Waals surface area contributed by atoms with E-state index in [1.807, 2.05) is 0 Å². The molecule has 1 rings (SSSR count). The summed E-state index contributed by atoms with van der Waals surface area (Å²) in [5, 5.41) is 3.53. The number of rotatable bonds is 8. The van der Waals surface area contributed by atoms with E-state index in [1.165, 1.54) is 38.6 Å². The van der Waals surface area contributed by atoms with Crippen molar-refractivity contribution < 1.29 is 4.74 Å². The van der Waals surface area contributed by atoms with Gasteiger partial charge in [-0.15, -0.1) is 0 Å². The van der Waals surface area contributed by atoms with Crippen LogP contribution in [0.4, 0.5) is 0 Å². The predicted octanol–water partition coefficient (Wildman–Crippen LogP) is 3.47. The van der Waals surface area contributed by atoms with Crippen LogP contribution in [0.5, 0.6) is 0 Å². The monoisotopic (exact) mass is 241 g/mol. The van der Waals surface area contributed by atoms with Gasteiger partial charge in [-0.25, -0.2) is 0 Å². The van der Waals surface area contributed by atoms with Crippen LogP contribution in [-0.4, -0.2) is 26.3 Å². The standard InChI is InChI=1S/C15H31NO/c1-13(2)8-10-17-11-9-16-12-15-6-4-14(3)5-7-15/h13-16H,4-12H2,1-3H3. The summed E-state index contributed by atoms with van der Waals surface area (Å²) in [6.45, 7) is 10.9. The zero-order valence-corrected chi connectivity index (χ0v) is 12.0. The number of hydrogen-bond donors (Lipinski definition) is 1. The van der Waals surface area contributed by atoms with Gasteiger partial charge in [0.25, 0.3) is 0 Å². The highest BCUT2D eigenvalue weighted by Crippen LogP contribution is 2.27. The summed E-state index contributed by atoms with van der Waals surface area (Å²) >= 11 is 0. The van der Waals surface area contributed by atoms with E-state index < -0.39 is 0 Å². The summed E-state index contributed by atoms with van der Waals surface area (Å²) in [6.07, 6.45) is 6.87. The molecule has 1 N–H and O–H groups in total. The van der Waals surface area contributed by atoms with Gasteiger partial charge in [-0.2, -0.15) is 0 Å². The topological polar surface area (TPSA) is 21.3 Å². The van der Waals surface area contributed by atoms with E-state index in [9.17, 15) is 0 Å². The Morgan fingerprint density at radius 2 is 1.82 bits per heavy atom. The molecule has 2 heteroatoms. The van der Waals surface area contributed by atoms with Gasteiger partial charge in [0.05, 0.1) is 6.61 Å². The molecule has 0 heterocycles. The first-order valence-corrected chi connectivity index (χ1v) is 7.47. The highest BCUT2D eigenvalue weighted by atomic mass is 16.5. The molecule has 102 valence electrons. The van der Waals surface area contributed by atoms with Crippen LogP contribution in [-0.2, 0) is 4.74 Å². The second-order valence-electron chi connectivity index (χ2n) is 6.12. The first kappa shape index (κ1) is 15.0. The van der Waals surface area contributed by atoms with Gasteiger partial charge in [0, 0.05) is 13.2 Å². The number of nitrogens with one attached hydrogen (secondary N) is 1. The van der Waals surface area contributed by atoms with Gasteiger partial charge in [-0.05, 0) is 43.6 Å². The van der Waals surface area contributed by atoms with Crippen LogP contribution < -0.4 is 5.32 Å². The van der Waals surface area contributed by atoms with Gasteiger partial charge in [-0.3, -0.25) is 0 Å². The Balaban J connectivity index is 1.84. The molecule has 0 atom stereocenters. The molecule has 2 nitrogen and oxygen atoms in total. The third-order valence-corrected chi connectivity index (χ3v) is 3.83. The molecule has 0 aliphatic heterocycles. The molecule has 0 aromatic heterocycles. The zero-order valence-electron chi connectivity index (χ0n) is 12.0. The molecule has 1 saturated carbocycles. The Morgan fingerprint density at radius 1 is 1.12 bits per heavy atom. The fourth-order valence-corrected chi connectivity index (χ4v) is 2.40. The molecule has 0 spiro atoms. The van der Waals surface area contributed by atoms with E-state index in [2.05, 4.69) is 26.1 Å². The lowest BCUT2D eigenvalue weighted by Crippen LogP contribution is -2.28. The summed E-state index contributed by atoms with van der Waals surface area (Å²) < 4.78 is 5.59. The van der Waals surface area contributed by atoms with E-state index in [0.29, 0.717) is 0 Å². The molecule has 0 radical (unpaired) electrons. The fourth-order valence-electron chi connectivity index (χ4n) is 2.40. The van der Waals surface area contributed by atoms with Crippen molar-refractivity contribution in [2.45, 2.75) is 52.9 Å². The molecule has 0 saturated heterocycles. The summed E-state index contributed by atoms with van der Waals surface area (Å²) in [5.41, 5.74) is 0. The SMILES string of the molecule is CC(C)CCOCCNCC1CCC(C)CC1. The zero-order chi connectivity index (χ0) is 12.5. The van der Waals surface area contributed by atoms with E-state index in [-0.39, 0.29) is 0 Å². The molecular weight excluding hydrogens is 210 g/mol. The summed E-state index contributed by atoms with van der Waals surface area (Å²) in [5.74, 6) is 2.64. The van der Waals surface area contributed by atoms with Crippen LogP contribution in [0.25, 0.3) is 0 Å². The van der Waals surface area contributed by atoms with Crippen molar-refractivity contribution >= 4 is 0 Å². The minimum Gasteiger partial charge on any atom is -0.380 e. The maximum atomic E-state index is 5.59. The normalized spacial score (nSPS) is 25.4. The third-order valence-electron chi connectivity index (χ3n) is 3.83. The van der Waals surface area contributed by atoms with Crippen LogP contribution in [0.2, 0.25) is 0 Å². The van der Waals surface area contributed by atoms with Crippen LogP contribution in [0.1, 0.15) is 52.9 Å². The Hall–Kier alpha value is -0.0800. The van der Waals surface area contributed by atoms with Crippen LogP contribution in [0.3, 0.4) is 0 Å². The average molecular weight is 241 g/mol. The smallest absolute Gasteiger partial charge is 0.0590 e. The predicted molar refractivity (Wildman–Crippen MR) is 74.3 cm³/mol. The van der Waals surface area contributed by atoms with Crippen molar-refractivity contribution in [3.63, 3.8) is 0 Å². The average Bonchev–Trinajstić information content (AvgIpc) is 2.30. The second-order valence-corrected chi connectivity index (χ2v) is 6.12. The highest BCUT2D eigenvalue weighted by molar-refractivity contribution is 4.71. The van der Waals surface area contributed by atoms with E-state index in [1.54, 1.807) is 0 Å². The van der Waals surface area contributed by atoms with Crippen LogP contribution >= 0.6 is 0 Å². The van der Waals surface area contributed by atoms with Crippen molar-refractivity contribution in [2.75, 3.05) is 26.3 Å². The first-order chi connectivity index (χ1) is 8.18. The number of ether oxygens (including phenoxy) is 1. The van der Waals surface area contributed by atoms with E-state index in [0.717, 1.165) is 37.5 Å². The molecule has 1 aliphatic carbocycles. The van der Waals surface area contributed by atoms with Gasteiger partial charge < -0.3 is 10.1 Å². The summed E-state index contributed by atoms with van der Waals surface area (Å²) in [7, 11) is 0. The van der Waals surface area contributed by atoms with Crippen molar-refractivity contribution in [1.82, 2.24) is 5.32 Å². The van der Waals surface area contributed by atoms with Gasteiger partial charge in [0.2, 0.25) is 0 Å². The highest BCUT2D eigenvalue weighted by Gasteiger charge is 2.17. The Labute approximate surface area is 108 Å². The second kappa shape index (κ2) is 8.93. The lowest BCUT2D eigenvalue weighted by atomic mass is 9.83. The van der Waals surface area contributed by atoms with Crippen molar-refractivity contribution in [2.24, 2.45) is 17.8 Å². The Morgan fingerprint density at radius 3 is 2.47 bits per heavy atom. The Kier molecular flexibility index (Phi) is 7.87. The van der Waals surface area contributed by atoms with Crippen molar-refractivity contribution in [3.8, 4) is 0 Å². The minimum atomic E-state index is 0.757. The minimum absolute atomic E-state index is 0.757. The van der Waals surface area contributed by atoms with Gasteiger partial charge in [0.1, 0.15) is 0 Å². The molecule has 0 aromatic carbocycles. The van der Waals surface area contributed by atoms with E-state index in [4.69, 9.17) is 4.74 Å². The summed E-state index contributed by atoms with van der Waals surface area (Å²) in [6, 6.07) is 0. The third kappa shape index (κ3) is 7.77. The summed E-state index contributed by atoms with van der Waals surface area (Å²) in [4.78, 5) is 0. The molecule has 1 aliphatic rings. The van der Waals surface area contributed by atoms with Gasteiger partial charge >= 0.3 is 0 Å². The molecule has 0 unspecified atom stereocenters. The van der Waals surface area contributed by atoms with Crippen LogP contribution in [0.15, 0.2) is 0 Å². The van der Waals surface area contributed by atoms with Crippen LogP contribution in [0, 0.1) is 17.8 Å². The van der Waals surface area contributed by atoms with Gasteiger partial charge in [-0.1, -0.05) is 33.6 Å². The maximum Gasteiger partial charge on any atom is 0.0590 e. The molecule has 0 bridgehead atoms. The largest absolute Gasteiger partial charge is 0.380 e. The van der Waals surface area contributed by atoms with E-state index >= 15 is 0 Å².